The van der Waals surface area contributed by atoms with Gasteiger partial charge in [-0.15, -0.1) is 0 Å². The van der Waals surface area contributed by atoms with Crippen molar-refractivity contribution in [3.05, 3.63) is 27.5 Å². The van der Waals surface area contributed by atoms with Crippen molar-refractivity contribution in [1.82, 2.24) is 4.98 Å². The predicted octanol–water partition coefficient (Wildman–Crippen LogP) is 0.961. The summed E-state index contributed by atoms with van der Waals surface area (Å²) in [6.07, 6.45) is -2.28. The Bertz CT molecular complexity index is 433. The van der Waals surface area contributed by atoms with Crippen molar-refractivity contribution in [2.75, 3.05) is 5.73 Å². The Hall–Kier alpha value is -1.90. The Labute approximate surface area is 78.0 Å². The van der Waals surface area contributed by atoms with E-state index in [1.807, 2.05) is 0 Å². The van der Waals surface area contributed by atoms with E-state index in [0.717, 1.165) is 6.20 Å². The Kier molecular flexibility index (Phi) is 2.82. The quantitative estimate of drug-likeness (QED) is 0.744. The summed E-state index contributed by atoms with van der Waals surface area (Å²) in [4.78, 5) is 13.6. The fraction of sp³-hybridized carbons (Fsp3) is 0.250. The maximum absolute atomic E-state index is 12.2. The molecule has 1 aromatic heterocycles. The number of hydrogen-bond acceptors (Lipinski definition) is 3. The molecule has 0 atom stereocenters. The standard InChI is InChI=1S/C8H7F2N3O/c9-7(10)5-3-13-8(12)4(1-2-11)6(5)14/h3,7H,1H2,(H3,12,13,14). The molecule has 0 aliphatic rings. The first-order chi connectivity index (χ1) is 6.57. The number of nitrogens with zero attached hydrogens (tertiary/aromatic N) is 1. The van der Waals surface area contributed by atoms with E-state index in [1.54, 1.807) is 6.07 Å². The van der Waals surface area contributed by atoms with Crippen LogP contribution in [-0.2, 0) is 6.42 Å². The Morgan fingerprint density at radius 3 is 2.79 bits per heavy atom. The van der Waals surface area contributed by atoms with Crippen LogP contribution in [0.3, 0.4) is 0 Å². The highest BCUT2D eigenvalue weighted by molar-refractivity contribution is 5.42. The van der Waals surface area contributed by atoms with Crippen molar-refractivity contribution >= 4 is 5.82 Å². The second-order valence-electron chi connectivity index (χ2n) is 2.60. The molecule has 6 heteroatoms. The van der Waals surface area contributed by atoms with E-state index in [4.69, 9.17) is 11.0 Å². The molecule has 0 aliphatic carbocycles. The van der Waals surface area contributed by atoms with Crippen molar-refractivity contribution in [3.8, 4) is 6.07 Å². The maximum Gasteiger partial charge on any atom is 0.269 e. The van der Waals surface area contributed by atoms with Gasteiger partial charge in [-0.1, -0.05) is 0 Å². The molecular weight excluding hydrogens is 192 g/mol. The number of hydrogen-bond donors (Lipinski definition) is 2. The monoisotopic (exact) mass is 199 g/mol. The van der Waals surface area contributed by atoms with E-state index in [-0.39, 0.29) is 17.8 Å². The first kappa shape index (κ1) is 10.2. The molecule has 1 aromatic rings. The first-order valence-electron chi connectivity index (χ1n) is 3.73. The fourth-order valence-electron chi connectivity index (χ4n) is 1.02. The van der Waals surface area contributed by atoms with Crippen molar-refractivity contribution in [2.45, 2.75) is 12.8 Å². The van der Waals surface area contributed by atoms with Crippen molar-refractivity contribution in [3.63, 3.8) is 0 Å². The number of rotatable bonds is 2. The number of H-pyrrole nitrogens is 1. The fourth-order valence-corrected chi connectivity index (χ4v) is 1.02. The summed E-state index contributed by atoms with van der Waals surface area (Å²) >= 11 is 0. The predicted molar refractivity (Wildman–Crippen MR) is 45.7 cm³/mol. The molecule has 14 heavy (non-hydrogen) atoms. The van der Waals surface area contributed by atoms with Gasteiger partial charge in [-0.3, -0.25) is 4.79 Å². The molecule has 0 amide bonds. The third kappa shape index (κ3) is 1.71. The number of nitrogens with one attached hydrogen (secondary N) is 1. The van der Waals surface area contributed by atoms with E-state index in [2.05, 4.69) is 4.98 Å². The molecule has 0 bridgehead atoms. The number of nitrogen functional groups attached to an aromatic ring is 1. The van der Waals surface area contributed by atoms with Crippen LogP contribution in [0.5, 0.6) is 0 Å². The largest absolute Gasteiger partial charge is 0.385 e. The van der Waals surface area contributed by atoms with Crippen LogP contribution in [0.15, 0.2) is 11.0 Å². The molecule has 0 saturated carbocycles. The molecule has 0 spiro atoms. The third-order valence-electron chi connectivity index (χ3n) is 1.74. The maximum atomic E-state index is 12.2. The number of alkyl halides is 2. The molecule has 74 valence electrons. The van der Waals surface area contributed by atoms with Gasteiger partial charge in [-0.2, -0.15) is 5.26 Å². The van der Waals surface area contributed by atoms with Gasteiger partial charge in [-0.05, 0) is 0 Å². The zero-order valence-electron chi connectivity index (χ0n) is 7.05. The first-order valence-corrected chi connectivity index (χ1v) is 3.73. The molecule has 4 nitrogen and oxygen atoms in total. The second kappa shape index (κ2) is 3.87. The van der Waals surface area contributed by atoms with Crippen LogP contribution in [0.2, 0.25) is 0 Å². The number of anilines is 1. The van der Waals surface area contributed by atoms with Crippen LogP contribution >= 0.6 is 0 Å². The average molecular weight is 199 g/mol. The van der Waals surface area contributed by atoms with Gasteiger partial charge < -0.3 is 10.7 Å². The summed E-state index contributed by atoms with van der Waals surface area (Å²) < 4.78 is 24.5. The minimum atomic E-state index is -2.86. The molecule has 1 rings (SSSR count). The van der Waals surface area contributed by atoms with Crippen LogP contribution in [0, 0.1) is 11.3 Å². The molecule has 0 aliphatic heterocycles. The minimum absolute atomic E-state index is 0.0408. The van der Waals surface area contributed by atoms with Crippen molar-refractivity contribution in [1.29, 1.82) is 5.26 Å². The summed E-state index contributed by atoms with van der Waals surface area (Å²) in [5.74, 6) is -0.0408. The third-order valence-corrected chi connectivity index (χ3v) is 1.74. The summed E-state index contributed by atoms with van der Waals surface area (Å²) in [5.41, 5.74) is 3.69. The SMILES string of the molecule is N#CCc1c(N)[nH]cc(C(F)F)c1=O. The lowest BCUT2D eigenvalue weighted by atomic mass is 10.1. The van der Waals surface area contributed by atoms with Crippen LogP contribution in [0.25, 0.3) is 0 Å². The highest BCUT2D eigenvalue weighted by Crippen LogP contribution is 2.16. The van der Waals surface area contributed by atoms with E-state index in [0.29, 0.717) is 0 Å². The lowest BCUT2D eigenvalue weighted by molar-refractivity contribution is 0.149. The van der Waals surface area contributed by atoms with Crippen molar-refractivity contribution < 1.29 is 8.78 Å². The molecule has 1 heterocycles. The molecule has 0 unspecified atom stereocenters. The molecule has 0 saturated heterocycles. The van der Waals surface area contributed by atoms with Gasteiger partial charge in [0.1, 0.15) is 5.82 Å². The smallest absolute Gasteiger partial charge is 0.269 e. The number of aromatic amines is 1. The second-order valence-corrected chi connectivity index (χ2v) is 2.60. The van der Waals surface area contributed by atoms with Crippen molar-refractivity contribution in [2.24, 2.45) is 0 Å². The lowest BCUT2D eigenvalue weighted by Gasteiger charge is -2.03. The van der Waals surface area contributed by atoms with Gasteiger partial charge in [0.15, 0.2) is 5.43 Å². The van der Waals surface area contributed by atoms with E-state index >= 15 is 0 Å². The highest BCUT2D eigenvalue weighted by atomic mass is 19.3. The zero-order valence-corrected chi connectivity index (χ0v) is 7.05. The normalized spacial score (nSPS) is 10.1. The molecule has 3 N–H and O–H groups in total. The van der Waals surface area contributed by atoms with Gasteiger partial charge in [0.25, 0.3) is 6.43 Å². The van der Waals surface area contributed by atoms with E-state index in [1.165, 1.54) is 0 Å². The Morgan fingerprint density at radius 1 is 1.64 bits per heavy atom. The van der Waals surface area contributed by atoms with Gasteiger partial charge in [-0.25, -0.2) is 8.78 Å². The number of nitriles is 1. The molecule has 0 fully saturated rings. The number of pyridine rings is 1. The number of halogens is 2. The Morgan fingerprint density at radius 2 is 2.29 bits per heavy atom. The molecular formula is C8H7F2N3O. The summed E-state index contributed by atoms with van der Waals surface area (Å²) in [6, 6.07) is 1.69. The highest BCUT2D eigenvalue weighted by Gasteiger charge is 2.16. The van der Waals surface area contributed by atoms with Crippen LogP contribution in [0.1, 0.15) is 17.6 Å². The zero-order chi connectivity index (χ0) is 10.7. The van der Waals surface area contributed by atoms with Crippen LogP contribution in [-0.4, -0.2) is 4.98 Å². The van der Waals surface area contributed by atoms with Gasteiger partial charge in [0.2, 0.25) is 0 Å². The Balaban J connectivity index is 3.36. The van der Waals surface area contributed by atoms with E-state index < -0.39 is 17.4 Å². The number of nitrogens with two attached hydrogens (primary N) is 1. The minimum Gasteiger partial charge on any atom is -0.385 e. The van der Waals surface area contributed by atoms with Gasteiger partial charge in [0.05, 0.1) is 23.6 Å². The summed E-state index contributed by atoms with van der Waals surface area (Å²) in [6.45, 7) is 0. The average Bonchev–Trinajstić information content (AvgIpc) is 2.11. The van der Waals surface area contributed by atoms with Gasteiger partial charge in [0, 0.05) is 6.20 Å². The molecule has 0 radical (unpaired) electrons. The molecule has 0 aromatic carbocycles. The van der Waals surface area contributed by atoms with Gasteiger partial charge >= 0.3 is 0 Å². The van der Waals surface area contributed by atoms with E-state index in [9.17, 15) is 13.6 Å². The summed E-state index contributed by atoms with van der Waals surface area (Å²) in [5, 5.41) is 8.35. The van der Waals surface area contributed by atoms with Crippen LogP contribution < -0.4 is 11.2 Å². The van der Waals surface area contributed by atoms with Crippen LogP contribution in [0.4, 0.5) is 14.6 Å². The number of aromatic nitrogens is 1. The lowest BCUT2D eigenvalue weighted by Crippen LogP contribution is -2.18. The topological polar surface area (TPSA) is 82.7 Å². The summed E-state index contributed by atoms with van der Waals surface area (Å²) in [7, 11) is 0.